The molecule has 0 spiro atoms. The van der Waals surface area contributed by atoms with E-state index in [-0.39, 0.29) is 0 Å². The molecule has 5 nitrogen and oxygen atoms in total. The number of nitrogens with zero attached hydrogens (tertiary/aromatic N) is 3. The lowest BCUT2D eigenvalue weighted by atomic mass is 10.2. The lowest BCUT2D eigenvalue weighted by Crippen LogP contribution is -2.52. The van der Waals surface area contributed by atoms with Crippen LogP contribution in [0.15, 0.2) is 70.8 Å². The summed E-state index contributed by atoms with van der Waals surface area (Å²) >= 11 is 0. The largest absolute Gasteiger partial charge is 0.469 e. The summed E-state index contributed by atoms with van der Waals surface area (Å²) in [7, 11) is 0. The maximum atomic E-state index is 5.38. The van der Waals surface area contributed by atoms with Crippen LogP contribution >= 0.6 is 0 Å². The summed E-state index contributed by atoms with van der Waals surface area (Å²) in [4.78, 5) is 9.51. The summed E-state index contributed by atoms with van der Waals surface area (Å²) in [5, 5.41) is 3.38. The van der Waals surface area contributed by atoms with E-state index in [1.165, 1.54) is 5.69 Å². The lowest BCUT2D eigenvalue weighted by molar-refractivity contribution is 0.373. The van der Waals surface area contributed by atoms with Gasteiger partial charge in [-0.1, -0.05) is 24.3 Å². The zero-order valence-electron chi connectivity index (χ0n) is 14.6. The normalized spacial score (nSPS) is 15.3. The van der Waals surface area contributed by atoms with E-state index in [9.17, 15) is 0 Å². The number of nitrogens with one attached hydrogen (secondary N) is 1. The number of hydrogen-bond acceptors (Lipinski definition) is 3. The Labute approximate surface area is 149 Å². The molecule has 1 saturated heterocycles. The Hall–Kier alpha value is -2.69. The molecule has 2 heterocycles. The first-order valence-corrected chi connectivity index (χ1v) is 8.83. The second kappa shape index (κ2) is 8.97. The number of rotatable bonds is 6. The quantitative estimate of drug-likeness (QED) is 0.500. The first kappa shape index (κ1) is 17.1. The Morgan fingerprint density at radius 2 is 1.92 bits per heavy atom. The number of benzene rings is 1. The van der Waals surface area contributed by atoms with Crippen molar-refractivity contribution in [1.82, 2.24) is 10.2 Å². The molecule has 0 aliphatic carbocycles. The van der Waals surface area contributed by atoms with E-state index in [0.717, 1.165) is 50.9 Å². The van der Waals surface area contributed by atoms with Crippen molar-refractivity contribution >= 4 is 11.6 Å². The zero-order chi connectivity index (χ0) is 17.3. The Morgan fingerprint density at radius 3 is 2.60 bits per heavy atom. The molecule has 1 aromatic heterocycles. The second-order valence-corrected chi connectivity index (χ2v) is 6.01. The maximum Gasteiger partial charge on any atom is 0.194 e. The molecule has 0 saturated carbocycles. The van der Waals surface area contributed by atoms with E-state index < -0.39 is 0 Å². The summed E-state index contributed by atoms with van der Waals surface area (Å²) in [5.41, 5.74) is 1.29. The molecular weight excluding hydrogens is 312 g/mol. The van der Waals surface area contributed by atoms with Crippen LogP contribution in [-0.2, 0) is 6.42 Å². The molecule has 2 aromatic rings. The van der Waals surface area contributed by atoms with Gasteiger partial charge in [0, 0.05) is 51.4 Å². The topological polar surface area (TPSA) is 44.0 Å². The summed E-state index contributed by atoms with van der Waals surface area (Å²) < 4.78 is 5.38. The minimum absolute atomic E-state index is 0.714. The number of anilines is 1. The van der Waals surface area contributed by atoms with Crippen molar-refractivity contribution < 1.29 is 4.42 Å². The Balaban J connectivity index is 1.56. The van der Waals surface area contributed by atoms with Crippen molar-refractivity contribution in [3.63, 3.8) is 0 Å². The average molecular weight is 338 g/mol. The molecule has 5 heteroatoms. The van der Waals surface area contributed by atoms with Crippen LogP contribution in [0.2, 0.25) is 0 Å². The van der Waals surface area contributed by atoms with Crippen molar-refractivity contribution in [3.05, 3.63) is 67.1 Å². The number of hydrogen-bond donors (Lipinski definition) is 1. The van der Waals surface area contributed by atoms with Gasteiger partial charge >= 0.3 is 0 Å². The van der Waals surface area contributed by atoms with Crippen LogP contribution in [0.5, 0.6) is 0 Å². The average Bonchev–Trinajstić information content (AvgIpc) is 3.19. The molecule has 132 valence electrons. The van der Waals surface area contributed by atoms with Crippen molar-refractivity contribution in [3.8, 4) is 0 Å². The number of para-hydroxylation sites is 1. The predicted octanol–water partition coefficient (Wildman–Crippen LogP) is 2.78. The van der Waals surface area contributed by atoms with E-state index in [0.29, 0.717) is 6.54 Å². The van der Waals surface area contributed by atoms with Crippen LogP contribution in [0.4, 0.5) is 5.69 Å². The van der Waals surface area contributed by atoms with Gasteiger partial charge < -0.3 is 19.5 Å². The first-order chi connectivity index (χ1) is 12.4. The highest BCUT2D eigenvalue weighted by Crippen LogP contribution is 2.15. The molecule has 0 bridgehead atoms. The summed E-state index contributed by atoms with van der Waals surface area (Å²) in [6, 6.07) is 14.5. The van der Waals surface area contributed by atoms with Gasteiger partial charge in [-0.15, -0.1) is 6.58 Å². The number of aliphatic imine (C=N–C) groups is 1. The van der Waals surface area contributed by atoms with Crippen molar-refractivity contribution in [2.24, 2.45) is 4.99 Å². The van der Waals surface area contributed by atoms with Crippen LogP contribution in [0.1, 0.15) is 5.76 Å². The monoisotopic (exact) mass is 338 g/mol. The van der Waals surface area contributed by atoms with Gasteiger partial charge in [0.25, 0.3) is 0 Å². The number of furan rings is 1. The fourth-order valence-corrected chi connectivity index (χ4v) is 2.97. The van der Waals surface area contributed by atoms with Crippen LogP contribution < -0.4 is 10.2 Å². The minimum atomic E-state index is 0.714. The highest BCUT2D eigenvalue weighted by molar-refractivity contribution is 5.80. The molecule has 0 atom stereocenters. The molecule has 0 radical (unpaired) electrons. The van der Waals surface area contributed by atoms with Gasteiger partial charge in [-0.25, -0.2) is 0 Å². The van der Waals surface area contributed by atoms with Crippen LogP contribution in [0.3, 0.4) is 0 Å². The van der Waals surface area contributed by atoms with E-state index in [1.54, 1.807) is 6.26 Å². The van der Waals surface area contributed by atoms with Crippen LogP contribution in [-0.4, -0.2) is 50.1 Å². The Morgan fingerprint density at radius 1 is 1.12 bits per heavy atom. The number of guanidine groups is 1. The van der Waals surface area contributed by atoms with E-state index in [1.807, 2.05) is 18.2 Å². The highest BCUT2D eigenvalue weighted by Gasteiger charge is 2.19. The van der Waals surface area contributed by atoms with Gasteiger partial charge in [0.15, 0.2) is 5.96 Å². The molecule has 1 fully saturated rings. The molecule has 25 heavy (non-hydrogen) atoms. The Kier molecular flexibility index (Phi) is 6.15. The molecule has 1 aliphatic heterocycles. The van der Waals surface area contributed by atoms with Gasteiger partial charge in [-0.2, -0.15) is 0 Å². The van der Waals surface area contributed by atoms with Crippen molar-refractivity contribution in [1.29, 1.82) is 0 Å². The SMILES string of the molecule is C=CCNC(=NCCc1ccco1)N1CCN(c2ccccc2)CC1. The van der Waals surface area contributed by atoms with Crippen molar-refractivity contribution in [2.45, 2.75) is 6.42 Å². The molecule has 3 rings (SSSR count). The fourth-order valence-electron chi connectivity index (χ4n) is 2.97. The molecule has 1 aliphatic rings. The van der Waals surface area contributed by atoms with Gasteiger partial charge in [-0.05, 0) is 24.3 Å². The smallest absolute Gasteiger partial charge is 0.194 e. The molecule has 0 amide bonds. The van der Waals surface area contributed by atoms with Crippen LogP contribution in [0.25, 0.3) is 0 Å². The van der Waals surface area contributed by atoms with Crippen molar-refractivity contribution in [2.75, 3.05) is 44.2 Å². The summed E-state index contributed by atoms with van der Waals surface area (Å²) in [5.74, 6) is 1.93. The number of piperazine rings is 1. The molecule has 1 N–H and O–H groups in total. The minimum Gasteiger partial charge on any atom is -0.469 e. The summed E-state index contributed by atoms with van der Waals surface area (Å²) in [6.07, 6.45) is 4.39. The predicted molar refractivity (Wildman–Crippen MR) is 103 cm³/mol. The molecule has 0 unspecified atom stereocenters. The highest BCUT2D eigenvalue weighted by atomic mass is 16.3. The summed E-state index contributed by atoms with van der Waals surface area (Å²) in [6.45, 7) is 9.13. The Bertz CT molecular complexity index is 658. The fraction of sp³-hybridized carbons (Fsp3) is 0.350. The zero-order valence-corrected chi connectivity index (χ0v) is 14.6. The van der Waals surface area contributed by atoms with E-state index in [4.69, 9.17) is 9.41 Å². The van der Waals surface area contributed by atoms with E-state index in [2.05, 4.69) is 52.0 Å². The van der Waals surface area contributed by atoms with E-state index >= 15 is 0 Å². The van der Waals surface area contributed by atoms with Gasteiger partial charge in [-0.3, -0.25) is 4.99 Å². The lowest BCUT2D eigenvalue weighted by Gasteiger charge is -2.37. The second-order valence-electron chi connectivity index (χ2n) is 6.01. The molecule has 1 aromatic carbocycles. The third-order valence-electron chi connectivity index (χ3n) is 4.30. The third kappa shape index (κ3) is 4.89. The molecular formula is C20H26N4O. The van der Waals surface area contributed by atoms with Gasteiger partial charge in [0.05, 0.1) is 6.26 Å². The van der Waals surface area contributed by atoms with Crippen LogP contribution in [0, 0.1) is 0 Å². The first-order valence-electron chi connectivity index (χ1n) is 8.83. The standard InChI is InChI=1S/C20H26N4O/c1-2-11-21-20(22-12-10-19-9-6-17-25-19)24-15-13-23(14-16-24)18-7-4-3-5-8-18/h2-9,17H,1,10-16H2,(H,21,22). The van der Waals surface area contributed by atoms with Gasteiger partial charge in [0.1, 0.15) is 5.76 Å². The maximum absolute atomic E-state index is 5.38. The third-order valence-corrected chi connectivity index (χ3v) is 4.30. The van der Waals surface area contributed by atoms with Gasteiger partial charge in [0.2, 0.25) is 0 Å².